The first-order valence-electron chi connectivity index (χ1n) is 10.9. The van der Waals surface area contributed by atoms with Gasteiger partial charge in [-0.05, 0) is 66.6 Å². The molecule has 0 unspecified atom stereocenters. The molecule has 1 saturated carbocycles. The molecular formula is C23H23N7O3. The molecule has 5 rings (SSSR count). The topological polar surface area (TPSA) is 121 Å². The molecule has 2 aromatic heterocycles. The number of carbonyl (C=O) groups excluding carboxylic acids is 1. The zero-order valence-electron chi connectivity index (χ0n) is 18.1. The largest absolute Gasteiger partial charge is 0.494 e. The predicted molar refractivity (Wildman–Crippen MR) is 119 cm³/mol. The van der Waals surface area contributed by atoms with Gasteiger partial charge in [-0.1, -0.05) is 17.3 Å². The van der Waals surface area contributed by atoms with Gasteiger partial charge in [0.25, 0.3) is 0 Å². The van der Waals surface area contributed by atoms with Crippen LogP contribution in [-0.4, -0.2) is 42.9 Å². The van der Waals surface area contributed by atoms with Gasteiger partial charge in [0.1, 0.15) is 5.75 Å². The number of ether oxygens (including phenoxy) is 1. The van der Waals surface area contributed by atoms with Gasteiger partial charge in [0.05, 0.1) is 12.6 Å². The van der Waals surface area contributed by atoms with Gasteiger partial charge in [-0.25, -0.2) is 4.68 Å². The first-order chi connectivity index (χ1) is 16.2. The highest BCUT2D eigenvalue weighted by Gasteiger charge is 2.28. The third kappa shape index (κ3) is 4.89. The van der Waals surface area contributed by atoms with Crippen LogP contribution in [0.15, 0.2) is 53.1 Å². The monoisotopic (exact) mass is 445 g/mol. The summed E-state index contributed by atoms with van der Waals surface area (Å²) in [5, 5.41) is 18.9. The Morgan fingerprint density at radius 3 is 2.82 bits per heavy atom. The van der Waals surface area contributed by atoms with E-state index >= 15 is 0 Å². The van der Waals surface area contributed by atoms with E-state index in [0.717, 1.165) is 29.7 Å². The standard InChI is InChI=1S/C23H23N7O3/c1-2-32-19-10-6-15(7-11-19)22-25-21(33-27-22)13-12-20(31)24-17-5-3-4-16(14-17)23-26-28-29-30(23)18-8-9-18/h3-7,10-11,14,18H,2,8-9,12-13H2,1H3,(H,24,31). The maximum absolute atomic E-state index is 12.5. The number of rotatable bonds is 9. The van der Waals surface area contributed by atoms with Crippen molar-refractivity contribution in [3.63, 3.8) is 0 Å². The molecule has 1 amide bonds. The molecular weight excluding hydrogens is 422 g/mol. The minimum Gasteiger partial charge on any atom is -0.494 e. The molecule has 2 heterocycles. The van der Waals surface area contributed by atoms with Crippen molar-refractivity contribution in [1.82, 2.24) is 30.3 Å². The number of anilines is 1. The highest BCUT2D eigenvalue weighted by molar-refractivity contribution is 5.91. The van der Waals surface area contributed by atoms with E-state index in [0.29, 0.717) is 42.3 Å². The van der Waals surface area contributed by atoms with Crippen LogP contribution in [0.5, 0.6) is 5.75 Å². The summed E-state index contributed by atoms with van der Waals surface area (Å²) in [7, 11) is 0. The lowest BCUT2D eigenvalue weighted by Crippen LogP contribution is -2.12. The van der Waals surface area contributed by atoms with E-state index in [9.17, 15) is 4.79 Å². The molecule has 0 saturated heterocycles. The SMILES string of the molecule is CCOc1ccc(-c2noc(CCC(=O)Nc3cccc(-c4nnnn4C4CC4)c3)n2)cc1. The fraction of sp³-hybridized carbons (Fsp3) is 0.304. The summed E-state index contributed by atoms with van der Waals surface area (Å²) in [6, 6.07) is 15.4. The Morgan fingerprint density at radius 1 is 1.18 bits per heavy atom. The maximum atomic E-state index is 12.5. The molecule has 0 aliphatic heterocycles. The Bertz CT molecular complexity index is 1240. The van der Waals surface area contributed by atoms with Crippen LogP contribution < -0.4 is 10.1 Å². The molecule has 0 atom stereocenters. The fourth-order valence-corrected chi connectivity index (χ4v) is 3.47. The molecule has 0 bridgehead atoms. The van der Waals surface area contributed by atoms with E-state index < -0.39 is 0 Å². The number of carbonyl (C=O) groups is 1. The predicted octanol–water partition coefficient (Wildman–Crippen LogP) is 3.70. The summed E-state index contributed by atoms with van der Waals surface area (Å²) in [6.45, 7) is 2.54. The Hall–Kier alpha value is -4.08. The number of aryl methyl sites for hydroxylation is 1. The number of aromatic nitrogens is 6. The Kier molecular flexibility index (Phi) is 5.79. The van der Waals surface area contributed by atoms with Gasteiger partial charge < -0.3 is 14.6 Å². The second-order valence-electron chi connectivity index (χ2n) is 7.78. The summed E-state index contributed by atoms with van der Waals surface area (Å²) < 4.78 is 12.6. The first-order valence-corrected chi connectivity index (χ1v) is 10.9. The number of amides is 1. The van der Waals surface area contributed by atoms with Gasteiger partial charge in [-0.15, -0.1) is 5.10 Å². The Balaban J connectivity index is 1.18. The van der Waals surface area contributed by atoms with Crippen molar-refractivity contribution in [2.24, 2.45) is 0 Å². The van der Waals surface area contributed by atoms with Crippen molar-refractivity contribution in [2.75, 3.05) is 11.9 Å². The third-order valence-corrected chi connectivity index (χ3v) is 5.25. The summed E-state index contributed by atoms with van der Waals surface area (Å²) >= 11 is 0. The van der Waals surface area contributed by atoms with Crippen molar-refractivity contribution in [3.05, 3.63) is 54.4 Å². The smallest absolute Gasteiger partial charge is 0.227 e. The molecule has 1 N–H and O–H groups in total. The van der Waals surface area contributed by atoms with Crippen LogP contribution in [0, 0.1) is 0 Å². The second-order valence-corrected chi connectivity index (χ2v) is 7.78. The van der Waals surface area contributed by atoms with Crippen molar-refractivity contribution < 1.29 is 14.1 Å². The van der Waals surface area contributed by atoms with Crippen LogP contribution in [0.2, 0.25) is 0 Å². The molecule has 2 aromatic carbocycles. The molecule has 1 aliphatic carbocycles. The number of nitrogens with one attached hydrogen (secondary N) is 1. The van der Waals surface area contributed by atoms with E-state index in [1.165, 1.54) is 0 Å². The highest BCUT2D eigenvalue weighted by atomic mass is 16.5. The maximum Gasteiger partial charge on any atom is 0.227 e. The van der Waals surface area contributed by atoms with Crippen LogP contribution in [-0.2, 0) is 11.2 Å². The van der Waals surface area contributed by atoms with Crippen LogP contribution in [0.25, 0.3) is 22.8 Å². The minimum atomic E-state index is -0.144. The fourth-order valence-electron chi connectivity index (χ4n) is 3.47. The van der Waals surface area contributed by atoms with E-state index in [4.69, 9.17) is 9.26 Å². The average molecular weight is 445 g/mol. The molecule has 1 fully saturated rings. The molecule has 10 nitrogen and oxygen atoms in total. The van der Waals surface area contributed by atoms with Gasteiger partial charge in [0.15, 0.2) is 5.82 Å². The van der Waals surface area contributed by atoms with Crippen LogP contribution in [0.1, 0.15) is 38.1 Å². The van der Waals surface area contributed by atoms with Crippen molar-refractivity contribution in [3.8, 4) is 28.5 Å². The van der Waals surface area contributed by atoms with Gasteiger partial charge in [-0.3, -0.25) is 4.79 Å². The van der Waals surface area contributed by atoms with E-state index in [-0.39, 0.29) is 12.3 Å². The molecule has 4 aromatic rings. The van der Waals surface area contributed by atoms with Gasteiger partial charge in [-0.2, -0.15) is 4.98 Å². The highest BCUT2D eigenvalue weighted by Crippen LogP contribution is 2.36. The quantitative estimate of drug-likeness (QED) is 0.414. The van der Waals surface area contributed by atoms with Crippen molar-refractivity contribution in [2.45, 2.75) is 38.6 Å². The van der Waals surface area contributed by atoms with Crippen LogP contribution in [0.3, 0.4) is 0 Å². The zero-order chi connectivity index (χ0) is 22.6. The van der Waals surface area contributed by atoms with Crippen molar-refractivity contribution >= 4 is 11.6 Å². The lowest BCUT2D eigenvalue weighted by molar-refractivity contribution is -0.116. The number of tetrazole rings is 1. The lowest BCUT2D eigenvalue weighted by atomic mass is 10.2. The lowest BCUT2D eigenvalue weighted by Gasteiger charge is -2.07. The number of hydrogen-bond acceptors (Lipinski definition) is 8. The van der Waals surface area contributed by atoms with Crippen LogP contribution in [0.4, 0.5) is 5.69 Å². The second kappa shape index (κ2) is 9.19. The average Bonchev–Trinajstić information content (AvgIpc) is 3.36. The summed E-state index contributed by atoms with van der Waals surface area (Å²) in [5.74, 6) is 2.24. The Labute approximate surface area is 190 Å². The van der Waals surface area contributed by atoms with Crippen LogP contribution >= 0.6 is 0 Å². The molecule has 0 spiro atoms. The number of hydrogen-bond donors (Lipinski definition) is 1. The summed E-state index contributed by atoms with van der Waals surface area (Å²) in [6.07, 6.45) is 2.74. The minimum absolute atomic E-state index is 0.144. The molecule has 168 valence electrons. The van der Waals surface area contributed by atoms with Gasteiger partial charge in [0, 0.05) is 29.7 Å². The number of nitrogens with zero attached hydrogens (tertiary/aromatic N) is 6. The Morgan fingerprint density at radius 2 is 2.03 bits per heavy atom. The molecule has 10 heteroatoms. The molecule has 1 aliphatic rings. The van der Waals surface area contributed by atoms with E-state index in [1.54, 1.807) is 0 Å². The van der Waals surface area contributed by atoms with Gasteiger partial charge >= 0.3 is 0 Å². The van der Waals surface area contributed by atoms with Gasteiger partial charge in [0.2, 0.25) is 17.6 Å². The molecule has 33 heavy (non-hydrogen) atoms. The van der Waals surface area contributed by atoms with E-state index in [2.05, 4.69) is 31.0 Å². The first kappa shape index (κ1) is 20.8. The normalized spacial score (nSPS) is 13.1. The zero-order valence-corrected chi connectivity index (χ0v) is 18.1. The van der Waals surface area contributed by atoms with Crippen molar-refractivity contribution in [1.29, 1.82) is 0 Å². The summed E-state index contributed by atoms with van der Waals surface area (Å²) in [4.78, 5) is 16.9. The number of benzene rings is 2. The summed E-state index contributed by atoms with van der Waals surface area (Å²) in [5.41, 5.74) is 2.37. The molecule has 0 radical (unpaired) electrons. The van der Waals surface area contributed by atoms with E-state index in [1.807, 2.05) is 60.1 Å². The third-order valence-electron chi connectivity index (χ3n) is 5.25.